The van der Waals surface area contributed by atoms with Gasteiger partial charge in [0, 0.05) is 13.2 Å². The number of unbranched alkanes of at least 4 members (excludes halogenated alkanes) is 3. The lowest BCUT2D eigenvalue weighted by Gasteiger charge is -2.20. The molecule has 2 N–H and O–H groups in total. The Morgan fingerprint density at radius 1 is 1.25 bits per heavy atom. The van der Waals surface area contributed by atoms with Gasteiger partial charge in [-0.05, 0) is 31.4 Å². The van der Waals surface area contributed by atoms with Crippen LogP contribution in [-0.2, 0) is 4.79 Å². The molecule has 1 fully saturated rings. The molecule has 0 aromatic rings. The number of carbonyl (C=O) groups excluding carboxylic acids is 1. The van der Waals surface area contributed by atoms with Gasteiger partial charge in [-0.3, -0.25) is 4.79 Å². The maximum Gasteiger partial charge on any atom is 0.233 e. The van der Waals surface area contributed by atoms with Gasteiger partial charge < -0.3 is 10.4 Å². The minimum atomic E-state index is 0.200. The van der Waals surface area contributed by atoms with Gasteiger partial charge in [0.15, 0.2) is 0 Å². The van der Waals surface area contributed by atoms with Crippen LogP contribution in [0.25, 0.3) is 0 Å². The molecule has 1 unspecified atom stereocenters. The van der Waals surface area contributed by atoms with E-state index in [1.54, 1.807) is 11.8 Å². The van der Waals surface area contributed by atoms with E-state index in [2.05, 4.69) is 5.32 Å². The Kier molecular flexibility index (Phi) is 7.68. The third-order valence-corrected chi connectivity index (χ3v) is 4.23. The topological polar surface area (TPSA) is 49.3 Å². The Bertz CT molecular complexity index is 193. The molecule has 1 aliphatic rings. The molecule has 0 saturated carbocycles. The average molecular weight is 245 g/mol. The highest BCUT2D eigenvalue weighted by molar-refractivity contribution is 8.00. The zero-order chi connectivity index (χ0) is 11.6. The van der Waals surface area contributed by atoms with E-state index in [1.807, 2.05) is 0 Å². The van der Waals surface area contributed by atoms with Crippen molar-refractivity contribution in [3.8, 4) is 0 Å². The maximum absolute atomic E-state index is 11.7. The van der Waals surface area contributed by atoms with Crippen LogP contribution < -0.4 is 5.32 Å². The van der Waals surface area contributed by atoms with E-state index in [0.29, 0.717) is 0 Å². The lowest BCUT2D eigenvalue weighted by Crippen LogP contribution is -2.34. The lowest BCUT2D eigenvalue weighted by atomic mass is 10.1. The van der Waals surface area contributed by atoms with Crippen molar-refractivity contribution < 1.29 is 9.90 Å². The van der Waals surface area contributed by atoms with Crippen molar-refractivity contribution in [3.05, 3.63) is 0 Å². The zero-order valence-corrected chi connectivity index (χ0v) is 10.7. The monoisotopic (exact) mass is 245 g/mol. The Balaban J connectivity index is 1.97. The van der Waals surface area contributed by atoms with E-state index in [-0.39, 0.29) is 17.8 Å². The summed E-state index contributed by atoms with van der Waals surface area (Å²) in [5.41, 5.74) is 0. The van der Waals surface area contributed by atoms with Gasteiger partial charge in [0.2, 0.25) is 5.91 Å². The van der Waals surface area contributed by atoms with Crippen LogP contribution in [0.2, 0.25) is 0 Å². The van der Waals surface area contributed by atoms with E-state index in [4.69, 9.17) is 5.11 Å². The maximum atomic E-state index is 11.7. The van der Waals surface area contributed by atoms with Crippen molar-refractivity contribution in [2.24, 2.45) is 0 Å². The normalized spacial score (nSPS) is 20.7. The van der Waals surface area contributed by atoms with Crippen LogP contribution in [0.5, 0.6) is 0 Å². The van der Waals surface area contributed by atoms with Gasteiger partial charge in [0.1, 0.15) is 0 Å². The summed E-state index contributed by atoms with van der Waals surface area (Å²) in [4.78, 5) is 11.7. The van der Waals surface area contributed by atoms with Crippen LogP contribution in [0.4, 0.5) is 0 Å². The molecule has 1 heterocycles. The van der Waals surface area contributed by atoms with Gasteiger partial charge in [-0.25, -0.2) is 0 Å². The SMILES string of the molecule is O=C(NCCCCCCO)C1CCCCS1. The Morgan fingerprint density at radius 3 is 2.75 bits per heavy atom. The Morgan fingerprint density at radius 2 is 2.06 bits per heavy atom. The number of aliphatic hydroxyl groups excluding tert-OH is 1. The number of rotatable bonds is 7. The van der Waals surface area contributed by atoms with E-state index >= 15 is 0 Å². The fourth-order valence-electron chi connectivity index (χ4n) is 1.86. The lowest BCUT2D eigenvalue weighted by molar-refractivity contribution is -0.120. The van der Waals surface area contributed by atoms with Crippen molar-refractivity contribution in [2.75, 3.05) is 18.9 Å². The molecule has 0 aromatic carbocycles. The second kappa shape index (κ2) is 8.88. The number of hydrogen-bond acceptors (Lipinski definition) is 3. The fourth-order valence-corrected chi connectivity index (χ4v) is 3.09. The van der Waals surface area contributed by atoms with Gasteiger partial charge in [-0.2, -0.15) is 0 Å². The van der Waals surface area contributed by atoms with Crippen LogP contribution in [-0.4, -0.2) is 35.2 Å². The first-order chi connectivity index (χ1) is 7.84. The second-order valence-electron chi connectivity index (χ2n) is 4.28. The molecular formula is C12H23NO2S. The van der Waals surface area contributed by atoms with Crippen LogP contribution in [0.1, 0.15) is 44.9 Å². The quantitative estimate of drug-likeness (QED) is 0.674. The molecule has 3 nitrogen and oxygen atoms in total. The number of nitrogens with one attached hydrogen (secondary N) is 1. The van der Waals surface area contributed by atoms with Gasteiger partial charge in [0.05, 0.1) is 5.25 Å². The summed E-state index contributed by atoms with van der Waals surface area (Å²) in [6.45, 7) is 1.08. The van der Waals surface area contributed by atoms with Crippen LogP contribution in [0, 0.1) is 0 Å². The van der Waals surface area contributed by atoms with E-state index < -0.39 is 0 Å². The number of hydrogen-bond donors (Lipinski definition) is 2. The smallest absolute Gasteiger partial charge is 0.233 e. The summed E-state index contributed by atoms with van der Waals surface area (Å²) >= 11 is 1.80. The van der Waals surface area contributed by atoms with Crippen molar-refractivity contribution in [3.63, 3.8) is 0 Å². The molecule has 0 radical (unpaired) electrons. The molecule has 1 aliphatic heterocycles. The fraction of sp³-hybridized carbons (Fsp3) is 0.917. The largest absolute Gasteiger partial charge is 0.396 e. The molecule has 1 saturated heterocycles. The molecule has 0 spiro atoms. The molecule has 94 valence electrons. The summed E-state index contributed by atoms with van der Waals surface area (Å²) < 4.78 is 0. The number of carbonyl (C=O) groups is 1. The highest BCUT2D eigenvalue weighted by Crippen LogP contribution is 2.24. The predicted molar refractivity (Wildman–Crippen MR) is 68.7 cm³/mol. The van der Waals surface area contributed by atoms with E-state index in [1.165, 1.54) is 12.8 Å². The predicted octanol–water partition coefficient (Wildman–Crippen LogP) is 1.94. The van der Waals surface area contributed by atoms with Crippen LogP contribution >= 0.6 is 11.8 Å². The van der Waals surface area contributed by atoms with Gasteiger partial charge in [0.25, 0.3) is 0 Å². The molecule has 1 amide bonds. The number of amides is 1. The third-order valence-electron chi connectivity index (χ3n) is 2.86. The summed E-state index contributed by atoms with van der Waals surface area (Å²) in [5, 5.41) is 11.8. The molecule has 4 heteroatoms. The minimum absolute atomic E-state index is 0.200. The summed E-state index contributed by atoms with van der Waals surface area (Å²) in [6.07, 6.45) is 7.57. The van der Waals surface area contributed by atoms with Gasteiger partial charge >= 0.3 is 0 Å². The minimum Gasteiger partial charge on any atom is -0.396 e. The van der Waals surface area contributed by atoms with Crippen molar-refractivity contribution in [1.29, 1.82) is 0 Å². The molecule has 0 bridgehead atoms. The Labute approximate surface area is 102 Å². The van der Waals surface area contributed by atoms with Crippen LogP contribution in [0.3, 0.4) is 0 Å². The van der Waals surface area contributed by atoms with Crippen molar-refractivity contribution >= 4 is 17.7 Å². The summed E-state index contributed by atoms with van der Waals surface area (Å²) in [5.74, 6) is 1.36. The summed E-state index contributed by atoms with van der Waals surface area (Å²) in [7, 11) is 0. The van der Waals surface area contributed by atoms with Crippen LogP contribution in [0.15, 0.2) is 0 Å². The summed E-state index contributed by atoms with van der Waals surface area (Å²) in [6, 6.07) is 0. The third kappa shape index (κ3) is 5.75. The molecule has 0 aromatic heterocycles. The van der Waals surface area contributed by atoms with E-state index in [9.17, 15) is 4.79 Å². The first kappa shape index (κ1) is 13.8. The first-order valence-electron chi connectivity index (χ1n) is 6.35. The standard InChI is InChI=1S/C12H23NO2S/c14-9-5-2-1-4-8-13-12(15)11-7-3-6-10-16-11/h11,14H,1-10H2,(H,13,15). The molecule has 16 heavy (non-hydrogen) atoms. The van der Waals surface area contributed by atoms with Crippen molar-refractivity contribution in [1.82, 2.24) is 5.32 Å². The molecular weight excluding hydrogens is 222 g/mol. The van der Waals surface area contributed by atoms with Crippen molar-refractivity contribution in [2.45, 2.75) is 50.2 Å². The Hall–Kier alpha value is -0.220. The second-order valence-corrected chi connectivity index (χ2v) is 5.59. The zero-order valence-electron chi connectivity index (χ0n) is 9.91. The van der Waals surface area contributed by atoms with Gasteiger partial charge in [-0.1, -0.05) is 19.3 Å². The average Bonchev–Trinajstić information content (AvgIpc) is 2.34. The highest BCUT2D eigenvalue weighted by Gasteiger charge is 2.20. The van der Waals surface area contributed by atoms with E-state index in [0.717, 1.165) is 44.4 Å². The van der Waals surface area contributed by atoms with Gasteiger partial charge in [-0.15, -0.1) is 11.8 Å². The molecule has 1 rings (SSSR count). The number of aliphatic hydroxyl groups is 1. The molecule has 1 atom stereocenters. The first-order valence-corrected chi connectivity index (χ1v) is 7.39. The molecule has 0 aliphatic carbocycles. The highest BCUT2D eigenvalue weighted by atomic mass is 32.2. The number of thioether (sulfide) groups is 1.